The monoisotopic (exact) mass is 322 g/mol. The number of amides is 1. The highest BCUT2D eigenvalue weighted by Gasteiger charge is 2.30. The first-order valence-electron chi connectivity index (χ1n) is 7.41. The van der Waals surface area contributed by atoms with Gasteiger partial charge in [0.15, 0.2) is 6.54 Å². The molecular weight excluding hydrogens is 302 g/mol. The molecule has 2 rings (SSSR count). The average molecular weight is 322 g/mol. The van der Waals surface area contributed by atoms with Crippen molar-refractivity contribution in [3.05, 3.63) is 17.0 Å². The number of carbonyl (C=O) groups excluding carboxylic acids is 2. The number of likely N-dealkylation sites (tertiary alicyclic amines) is 1. The van der Waals surface area contributed by atoms with Crippen LogP contribution >= 0.6 is 11.3 Å². The van der Waals surface area contributed by atoms with E-state index in [2.05, 4.69) is 5.32 Å². The smallest absolute Gasteiger partial charge is 0.314 e. The number of nitriles is 1. The Morgan fingerprint density at radius 3 is 3.14 bits per heavy atom. The second-order valence-electron chi connectivity index (χ2n) is 5.30. The molecule has 0 bridgehead atoms. The number of piperidine rings is 1. The van der Waals surface area contributed by atoms with E-state index in [9.17, 15) is 9.59 Å². The zero-order chi connectivity index (χ0) is 15.9. The van der Waals surface area contributed by atoms with E-state index in [1.807, 2.05) is 6.07 Å². The molecule has 0 saturated carbocycles. The molecule has 1 fully saturated rings. The van der Waals surface area contributed by atoms with E-state index in [0.29, 0.717) is 30.3 Å². The number of ether oxygens (including phenoxy) is 1. The number of hydrogen-bond acceptors (Lipinski definition) is 5. The van der Waals surface area contributed by atoms with E-state index in [-0.39, 0.29) is 17.8 Å². The molecule has 0 radical (unpaired) electrons. The van der Waals surface area contributed by atoms with Gasteiger partial charge in [-0.1, -0.05) is 0 Å². The van der Waals surface area contributed by atoms with Crippen molar-refractivity contribution in [3.63, 3.8) is 0 Å². The van der Waals surface area contributed by atoms with Crippen molar-refractivity contribution in [1.82, 2.24) is 0 Å². The maximum atomic E-state index is 12.1. The summed E-state index contributed by atoms with van der Waals surface area (Å²) < 4.78 is 5.06. The van der Waals surface area contributed by atoms with E-state index in [4.69, 9.17) is 10.00 Å². The minimum atomic E-state index is -0.162. The topological polar surface area (TPSA) is 83.6 Å². The highest BCUT2D eigenvalue weighted by molar-refractivity contribution is 7.14. The van der Waals surface area contributed by atoms with Crippen LogP contribution in [0.1, 0.15) is 25.3 Å². The molecule has 1 unspecified atom stereocenters. The number of hydrogen-bond donors (Lipinski definition) is 2. The van der Waals surface area contributed by atoms with E-state index in [0.717, 1.165) is 24.3 Å². The number of esters is 1. The van der Waals surface area contributed by atoms with Gasteiger partial charge in [-0.3, -0.25) is 9.59 Å². The van der Waals surface area contributed by atoms with Gasteiger partial charge in [-0.2, -0.15) is 5.26 Å². The summed E-state index contributed by atoms with van der Waals surface area (Å²) in [5.74, 6) is -0.406. The van der Waals surface area contributed by atoms with Crippen LogP contribution in [0.4, 0.5) is 5.00 Å². The number of thiophene rings is 1. The molecule has 2 atom stereocenters. The highest BCUT2D eigenvalue weighted by atomic mass is 32.1. The number of anilines is 1. The Morgan fingerprint density at radius 2 is 2.41 bits per heavy atom. The molecule has 7 heteroatoms. The van der Waals surface area contributed by atoms with Gasteiger partial charge in [-0.25, -0.2) is 0 Å². The van der Waals surface area contributed by atoms with Crippen LogP contribution in [0.3, 0.4) is 0 Å². The summed E-state index contributed by atoms with van der Waals surface area (Å²) in [4.78, 5) is 25.0. The lowest BCUT2D eigenvalue weighted by atomic mass is 9.98. The molecule has 6 nitrogen and oxygen atoms in total. The summed E-state index contributed by atoms with van der Waals surface area (Å²) in [7, 11) is 0. The fraction of sp³-hybridized carbons (Fsp3) is 0.533. The average Bonchev–Trinajstić information content (AvgIpc) is 2.94. The van der Waals surface area contributed by atoms with Crippen LogP contribution in [-0.4, -0.2) is 38.1 Å². The Hall–Kier alpha value is -1.91. The standard InChI is InChI=1S/C15H19N3O3S/c1-2-21-15(20)12-4-3-6-18(9-12)10-13(19)17-14-11(8-16)5-7-22-14/h5,7,12H,2-4,6,9-10H2,1H3,(H,17,19)/p+1/t12-/m1/s1. The molecule has 0 spiro atoms. The molecule has 1 amide bonds. The number of rotatable bonds is 5. The predicted octanol–water partition coefficient (Wildman–Crippen LogP) is 0.416. The van der Waals surface area contributed by atoms with E-state index >= 15 is 0 Å². The predicted molar refractivity (Wildman–Crippen MR) is 82.6 cm³/mol. The third kappa shape index (κ3) is 4.29. The van der Waals surface area contributed by atoms with Gasteiger partial charge >= 0.3 is 5.97 Å². The lowest BCUT2D eigenvalue weighted by Crippen LogP contribution is -3.14. The minimum absolute atomic E-state index is 0.118. The first-order valence-corrected chi connectivity index (χ1v) is 8.29. The fourth-order valence-electron chi connectivity index (χ4n) is 2.66. The zero-order valence-corrected chi connectivity index (χ0v) is 13.4. The molecule has 1 aromatic heterocycles. The van der Waals surface area contributed by atoms with Crippen LogP contribution in [0, 0.1) is 17.2 Å². The molecule has 1 aliphatic heterocycles. The number of nitrogens with zero attached hydrogens (tertiary/aromatic N) is 1. The summed E-state index contributed by atoms with van der Waals surface area (Å²) in [6.07, 6.45) is 1.74. The molecule has 2 N–H and O–H groups in total. The van der Waals surface area contributed by atoms with E-state index in [1.54, 1.807) is 18.4 Å². The van der Waals surface area contributed by atoms with Crippen molar-refractivity contribution in [2.24, 2.45) is 5.92 Å². The van der Waals surface area contributed by atoms with Gasteiger partial charge < -0.3 is 15.0 Å². The number of carbonyl (C=O) groups is 2. The van der Waals surface area contributed by atoms with Crippen molar-refractivity contribution in [2.45, 2.75) is 19.8 Å². The van der Waals surface area contributed by atoms with Crippen LogP contribution in [0.25, 0.3) is 0 Å². The quantitative estimate of drug-likeness (QED) is 0.770. The third-order valence-corrected chi connectivity index (χ3v) is 4.52. The zero-order valence-electron chi connectivity index (χ0n) is 12.6. The molecule has 0 aliphatic carbocycles. The van der Waals surface area contributed by atoms with Crippen molar-refractivity contribution in [3.8, 4) is 6.07 Å². The Bertz CT molecular complexity index is 579. The first-order chi connectivity index (χ1) is 10.6. The maximum Gasteiger partial charge on any atom is 0.314 e. The van der Waals surface area contributed by atoms with Gasteiger partial charge in [0.2, 0.25) is 0 Å². The van der Waals surface area contributed by atoms with Crippen LogP contribution in [-0.2, 0) is 14.3 Å². The molecule has 1 aliphatic rings. The van der Waals surface area contributed by atoms with E-state index < -0.39 is 0 Å². The molecule has 0 aromatic carbocycles. The largest absolute Gasteiger partial charge is 0.466 e. The first kappa shape index (κ1) is 16.5. The second-order valence-corrected chi connectivity index (χ2v) is 6.21. The second kappa shape index (κ2) is 7.92. The summed E-state index contributed by atoms with van der Waals surface area (Å²) in [6.45, 7) is 3.99. The van der Waals surface area contributed by atoms with Crippen LogP contribution < -0.4 is 10.2 Å². The highest BCUT2D eigenvalue weighted by Crippen LogP contribution is 2.21. The van der Waals surface area contributed by atoms with Crippen molar-refractivity contribution < 1.29 is 19.2 Å². The fourth-order valence-corrected chi connectivity index (χ4v) is 3.42. The summed E-state index contributed by atoms with van der Waals surface area (Å²) in [5, 5.41) is 14.1. The summed E-state index contributed by atoms with van der Waals surface area (Å²) in [6, 6.07) is 3.73. The lowest BCUT2D eigenvalue weighted by Gasteiger charge is -2.28. The minimum Gasteiger partial charge on any atom is -0.466 e. The van der Waals surface area contributed by atoms with Crippen molar-refractivity contribution >= 4 is 28.2 Å². The van der Waals surface area contributed by atoms with E-state index in [1.165, 1.54) is 11.3 Å². The Kier molecular flexibility index (Phi) is 5.92. The molecule has 1 saturated heterocycles. The molecule has 2 heterocycles. The van der Waals surface area contributed by atoms with Gasteiger partial charge in [0.25, 0.3) is 5.91 Å². The lowest BCUT2D eigenvalue weighted by molar-refractivity contribution is -0.899. The summed E-state index contributed by atoms with van der Waals surface area (Å²) in [5.41, 5.74) is 0.483. The Labute approximate surface area is 133 Å². The van der Waals surface area contributed by atoms with Crippen LogP contribution in [0.2, 0.25) is 0 Å². The third-order valence-electron chi connectivity index (χ3n) is 3.69. The van der Waals surface area contributed by atoms with Crippen molar-refractivity contribution in [2.75, 3.05) is 31.6 Å². The maximum absolute atomic E-state index is 12.1. The number of nitrogens with one attached hydrogen (secondary N) is 2. The van der Waals surface area contributed by atoms with Gasteiger partial charge in [-0.15, -0.1) is 11.3 Å². The van der Waals surface area contributed by atoms with Gasteiger partial charge in [0.1, 0.15) is 17.0 Å². The number of quaternary nitrogens is 1. The van der Waals surface area contributed by atoms with Gasteiger partial charge in [0, 0.05) is 0 Å². The SMILES string of the molecule is CCOC(=O)[C@@H]1CCC[NH+](CC(=O)Nc2sccc2C#N)C1. The van der Waals surface area contributed by atoms with Crippen LogP contribution in [0.15, 0.2) is 11.4 Å². The Morgan fingerprint density at radius 1 is 1.59 bits per heavy atom. The molecule has 118 valence electrons. The molecule has 1 aromatic rings. The normalized spacial score (nSPS) is 20.9. The van der Waals surface area contributed by atoms with Gasteiger partial charge in [0.05, 0.1) is 25.3 Å². The van der Waals surface area contributed by atoms with Crippen molar-refractivity contribution in [1.29, 1.82) is 5.26 Å². The van der Waals surface area contributed by atoms with Gasteiger partial charge in [-0.05, 0) is 31.2 Å². The summed E-state index contributed by atoms with van der Waals surface area (Å²) >= 11 is 1.34. The van der Waals surface area contributed by atoms with Crippen LogP contribution in [0.5, 0.6) is 0 Å². The Balaban J connectivity index is 1.86. The molecular formula is C15H20N3O3S+. The molecule has 22 heavy (non-hydrogen) atoms.